The van der Waals surface area contributed by atoms with Gasteiger partial charge in [-0.3, -0.25) is 9.59 Å². The molecular formula is C19H20Cl2N2O3. The number of likely N-dealkylation sites (N-methyl/N-ethyl adjacent to an activating group) is 1. The molecule has 5 nitrogen and oxygen atoms in total. The zero-order chi connectivity index (χ0) is 19.1. The summed E-state index contributed by atoms with van der Waals surface area (Å²) in [4.78, 5) is 26.2. The normalized spacial score (nSPS) is 11.5. The summed E-state index contributed by atoms with van der Waals surface area (Å²) in [7, 11) is 1.53. The molecule has 2 aromatic rings. The lowest BCUT2D eigenvalue weighted by Gasteiger charge is -2.28. The third-order valence-electron chi connectivity index (χ3n) is 3.87. The van der Waals surface area contributed by atoms with E-state index in [1.807, 2.05) is 12.1 Å². The lowest BCUT2D eigenvalue weighted by atomic mass is 10.1. The summed E-state index contributed by atoms with van der Waals surface area (Å²) >= 11 is 11.9. The van der Waals surface area contributed by atoms with E-state index in [9.17, 15) is 9.59 Å². The zero-order valence-corrected chi connectivity index (χ0v) is 16.1. The summed E-state index contributed by atoms with van der Waals surface area (Å²) in [5, 5.41) is 3.59. The molecule has 1 N–H and O–H groups in total. The Hall–Kier alpha value is -2.24. The van der Waals surface area contributed by atoms with Crippen LogP contribution in [0.5, 0.6) is 5.75 Å². The second-order valence-electron chi connectivity index (χ2n) is 5.66. The molecule has 0 bridgehead atoms. The Morgan fingerprint density at radius 2 is 1.77 bits per heavy atom. The van der Waals surface area contributed by atoms with Crippen LogP contribution in [0.1, 0.15) is 12.5 Å². The Kier molecular flexibility index (Phi) is 7.30. The average molecular weight is 395 g/mol. The van der Waals surface area contributed by atoms with Crippen molar-refractivity contribution in [2.75, 3.05) is 13.7 Å². The van der Waals surface area contributed by atoms with Gasteiger partial charge in [0.1, 0.15) is 11.8 Å². The van der Waals surface area contributed by atoms with Gasteiger partial charge in [-0.2, -0.15) is 0 Å². The maximum atomic E-state index is 12.7. The van der Waals surface area contributed by atoms with Gasteiger partial charge in [-0.15, -0.1) is 0 Å². The maximum Gasteiger partial charge on any atom is 0.261 e. The molecule has 2 aromatic carbocycles. The van der Waals surface area contributed by atoms with Crippen LogP contribution in [0.25, 0.3) is 0 Å². The monoisotopic (exact) mass is 394 g/mol. The summed E-state index contributed by atoms with van der Waals surface area (Å²) in [6.07, 6.45) is 0. The highest BCUT2D eigenvalue weighted by atomic mass is 35.5. The molecule has 0 aliphatic rings. The third-order valence-corrected chi connectivity index (χ3v) is 4.43. The number of halogens is 2. The van der Waals surface area contributed by atoms with Crippen molar-refractivity contribution in [3.63, 3.8) is 0 Å². The highest BCUT2D eigenvalue weighted by Gasteiger charge is 2.26. The smallest absolute Gasteiger partial charge is 0.261 e. The lowest BCUT2D eigenvalue weighted by molar-refractivity contribution is -0.142. The molecule has 0 fully saturated rings. The minimum Gasteiger partial charge on any atom is -0.482 e. The Morgan fingerprint density at radius 3 is 2.38 bits per heavy atom. The summed E-state index contributed by atoms with van der Waals surface area (Å²) in [5.41, 5.74) is 0.858. The standard InChI is InChI=1S/C19H20Cl2N2O3/c1-13(19(25)22-2)23(11-14-7-9-15(20)10-8-14)18(24)12-26-17-6-4-3-5-16(17)21/h3-10,13H,11-12H2,1-2H3,(H,22,25). The van der Waals surface area contributed by atoms with Crippen molar-refractivity contribution in [1.29, 1.82) is 0 Å². The van der Waals surface area contributed by atoms with Crippen molar-refractivity contribution in [2.45, 2.75) is 19.5 Å². The molecule has 0 aromatic heterocycles. The topological polar surface area (TPSA) is 58.6 Å². The summed E-state index contributed by atoms with van der Waals surface area (Å²) in [6, 6.07) is 13.4. The Morgan fingerprint density at radius 1 is 1.12 bits per heavy atom. The molecule has 0 heterocycles. The van der Waals surface area contributed by atoms with E-state index in [0.29, 0.717) is 15.8 Å². The van der Waals surface area contributed by atoms with Gasteiger partial charge in [0, 0.05) is 18.6 Å². The van der Waals surface area contributed by atoms with Gasteiger partial charge in [-0.05, 0) is 36.8 Å². The Bertz CT molecular complexity index is 766. The molecule has 1 atom stereocenters. The van der Waals surface area contributed by atoms with E-state index in [-0.39, 0.29) is 25.0 Å². The van der Waals surface area contributed by atoms with Gasteiger partial charge in [-0.25, -0.2) is 0 Å². The minimum atomic E-state index is -0.655. The lowest BCUT2D eigenvalue weighted by Crippen LogP contribution is -2.48. The van der Waals surface area contributed by atoms with E-state index >= 15 is 0 Å². The number of para-hydroxylation sites is 1. The van der Waals surface area contributed by atoms with Gasteiger partial charge >= 0.3 is 0 Å². The molecule has 0 aliphatic heterocycles. The number of carbonyl (C=O) groups is 2. The predicted octanol–water partition coefficient (Wildman–Crippen LogP) is 3.54. The van der Waals surface area contributed by atoms with Crippen molar-refractivity contribution in [3.05, 3.63) is 64.1 Å². The van der Waals surface area contributed by atoms with Crippen LogP contribution in [0.4, 0.5) is 0 Å². The first-order valence-corrected chi connectivity index (χ1v) is 8.80. The van der Waals surface area contributed by atoms with E-state index in [1.54, 1.807) is 43.3 Å². The number of nitrogens with one attached hydrogen (secondary N) is 1. The minimum absolute atomic E-state index is 0.224. The van der Waals surface area contributed by atoms with Crippen LogP contribution in [0, 0.1) is 0 Å². The summed E-state index contributed by atoms with van der Waals surface area (Å²) < 4.78 is 5.52. The Labute approximate surface area is 162 Å². The predicted molar refractivity (Wildman–Crippen MR) is 102 cm³/mol. The molecule has 7 heteroatoms. The first kappa shape index (κ1) is 20.1. The van der Waals surface area contributed by atoms with E-state index < -0.39 is 6.04 Å². The molecule has 138 valence electrons. The van der Waals surface area contributed by atoms with Crippen LogP contribution < -0.4 is 10.1 Å². The number of carbonyl (C=O) groups excluding carboxylic acids is 2. The van der Waals surface area contributed by atoms with Gasteiger partial charge in [0.05, 0.1) is 5.02 Å². The van der Waals surface area contributed by atoms with Gasteiger partial charge in [0.25, 0.3) is 5.91 Å². The van der Waals surface area contributed by atoms with Crippen LogP contribution in [-0.2, 0) is 16.1 Å². The largest absolute Gasteiger partial charge is 0.482 e. The van der Waals surface area contributed by atoms with Crippen LogP contribution in [0.15, 0.2) is 48.5 Å². The highest BCUT2D eigenvalue weighted by Crippen LogP contribution is 2.23. The molecule has 0 saturated carbocycles. The SMILES string of the molecule is CNC(=O)C(C)N(Cc1ccc(Cl)cc1)C(=O)COc1ccccc1Cl. The third kappa shape index (κ3) is 5.38. The number of amides is 2. The Balaban J connectivity index is 2.13. The maximum absolute atomic E-state index is 12.7. The van der Waals surface area contributed by atoms with Gasteiger partial charge in [0.15, 0.2) is 6.61 Å². The average Bonchev–Trinajstić information content (AvgIpc) is 2.65. The van der Waals surface area contributed by atoms with E-state index in [1.165, 1.54) is 11.9 Å². The van der Waals surface area contributed by atoms with Crippen LogP contribution in [0.2, 0.25) is 10.0 Å². The number of hydrogen-bond donors (Lipinski definition) is 1. The number of hydrogen-bond acceptors (Lipinski definition) is 3. The van der Waals surface area contributed by atoms with Crippen molar-refractivity contribution < 1.29 is 14.3 Å². The molecule has 26 heavy (non-hydrogen) atoms. The molecule has 0 aliphatic carbocycles. The molecule has 0 radical (unpaired) electrons. The molecule has 0 saturated heterocycles. The van der Waals surface area contributed by atoms with Crippen LogP contribution >= 0.6 is 23.2 Å². The fraction of sp³-hybridized carbons (Fsp3) is 0.263. The number of nitrogens with zero attached hydrogens (tertiary/aromatic N) is 1. The number of benzene rings is 2. The van der Waals surface area contributed by atoms with Gasteiger partial charge in [0.2, 0.25) is 5.91 Å². The van der Waals surface area contributed by atoms with Crippen molar-refractivity contribution in [2.24, 2.45) is 0 Å². The number of rotatable bonds is 7. The first-order chi connectivity index (χ1) is 12.4. The summed E-state index contributed by atoms with van der Waals surface area (Å²) in [6.45, 7) is 1.71. The quantitative estimate of drug-likeness (QED) is 0.780. The van der Waals surface area contributed by atoms with Crippen molar-refractivity contribution in [1.82, 2.24) is 10.2 Å². The van der Waals surface area contributed by atoms with Crippen molar-refractivity contribution in [3.8, 4) is 5.75 Å². The van der Waals surface area contributed by atoms with Crippen molar-refractivity contribution >= 4 is 35.0 Å². The second kappa shape index (κ2) is 9.46. The highest BCUT2D eigenvalue weighted by molar-refractivity contribution is 6.32. The molecule has 0 spiro atoms. The molecule has 1 unspecified atom stereocenters. The van der Waals surface area contributed by atoms with E-state index in [2.05, 4.69) is 5.32 Å². The molecular weight excluding hydrogens is 375 g/mol. The van der Waals surface area contributed by atoms with E-state index in [0.717, 1.165) is 5.56 Å². The van der Waals surface area contributed by atoms with E-state index in [4.69, 9.17) is 27.9 Å². The van der Waals surface area contributed by atoms with Crippen LogP contribution in [0.3, 0.4) is 0 Å². The molecule has 2 amide bonds. The van der Waals surface area contributed by atoms with Gasteiger partial charge < -0.3 is 15.0 Å². The van der Waals surface area contributed by atoms with Crippen LogP contribution in [-0.4, -0.2) is 36.4 Å². The first-order valence-electron chi connectivity index (χ1n) is 8.05. The molecule has 2 rings (SSSR count). The summed E-state index contributed by atoms with van der Waals surface area (Å²) in [5.74, 6) is -0.164. The van der Waals surface area contributed by atoms with Gasteiger partial charge in [-0.1, -0.05) is 47.5 Å². The fourth-order valence-corrected chi connectivity index (χ4v) is 2.68. The second-order valence-corrected chi connectivity index (χ2v) is 6.50. The number of ether oxygens (including phenoxy) is 1. The fourth-order valence-electron chi connectivity index (χ4n) is 2.36. The zero-order valence-electron chi connectivity index (χ0n) is 14.5.